The second-order valence-electron chi connectivity index (χ2n) is 4.29. The molecule has 3 rings (SSSR count). The fourth-order valence-corrected chi connectivity index (χ4v) is 2.13. The van der Waals surface area contributed by atoms with Crippen molar-refractivity contribution in [2.75, 3.05) is 6.61 Å². The lowest BCUT2D eigenvalue weighted by atomic mass is 10.1. The third-order valence-corrected chi connectivity index (χ3v) is 3.16. The summed E-state index contributed by atoms with van der Waals surface area (Å²) in [5.74, 6) is 0. The first-order chi connectivity index (χ1) is 9.13. The zero-order chi connectivity index (χ0) is 13.6. The average molecular weight is 268 g/mol. The Labute approximate surface area is 106 Å². The molecule has 0 bridgehead atoms. The Morgan fingerprint density at radius 3 is 2.84 bits per heavy atom. The first-order valence-electron chi connectivity index (χ1n) is 5.66. The fraction of sp³-hybridized carbons (Fsp3) is 0.500. The zero-order valence-corrected chi connectivity index (χ0v) is 9.67. The van der Waals surface area contributed by atoms with E-state index in [2.05, 4.69) is 15.0 Å². The van der Waals surface area contributed by atoms with Crippen LogP contribution in [0.15, 0.2) is 17.4 Å². The van der Waals surface area contributed by atoms with Gasteiger partial charge in [0.25, 0.3) is 5.56 Å². The number of hydrogen-bond donors (Lipinski definition) is 4. The second kappa shape index (κ2) is 4.38. The maximum atomic E-state index is 12.1. The predicted molar refractivity (Wildman–Crippen MR) is 61.2 cm³/mol. The summed E-state index contributed by atoms with van der Waals surface area (Å²) in [5, 5.41) is 28.5. The highest BCUT2D eigenvalue weighted by Gasteiger charge is 2.43. The van der Waals surface area contributed by atoms with Crippen molar-refractivity contribution >= 4 is 11.2 Å². The van der Waals surface area contributed by atoms with Gasteiger partial charge in [0, 0.05) is 0 Å². The standard InChI is InChI=1S/C10H12N4O5/c15-1-4-6(16)7(17)10(19-4)14-3-13-8-5(9(14)18)11-2-12-8/h2-4,6-7,10,15-17H,1H2,(H,11,12)/t4-,6-,7-,10?/m1/s1. The van der Waals surface area contributed by atoms with Gasteiger partial charge in [0.2, 0.25) is 0 Å². The molecule has 4 N–H and O–H groups in total. The number of nitrogens with one attached hydrogen (secondary N) is 1. The lowest BCUT2D eigenvalue weighted by Gasteiger charge is -2.16. The molecule has 102 valence electrons. The van der Waals surface area contributed by atoms with Crippen LogP contribution in [0.2, 0.25) is 0 Å². The van der Waals surface area contributed by atoms with Crippen molar-refractivity contribution < 1.29 is 20.1 Å². The number of aromatic amines is 1. The number of aliphatic hydroxyl groups excluding tert-OH is 3. The maximum Gasteiger partial charge on any atom is 0.281 e. The summed E-state index contributed by atoms with van der Waals surface area (Å²) >= 11 is 0. The Morgan fingerprint density at radius 1 is 1.37 bits per heavy atom. The third kappa shape index (κ3) is 1.75. The quantitative estimate of drug-likeness (QED) is 0.482. The molecule has 0 saturated carbocycles. The Kier molecular flexibility index (Phi) is 2.82. The SMILES string of the molecule is O=c1c2[nH]cnc2ncn1C1O[C@H](CO)[C@@H](O)[C@H]1O. The minimum absolute atomic E-state index is 0.181. The topological polar surface area (TPSA) is 133 Å². The molecule has 1 aliphatic rings. The molecular formula is C10H12N4O5. The highest BCUT2D eigenvalue weighted by Crippen LogP contribution is 2.28. The van der Waals surface area contributed by atoms with Crippen molar-refractivity contribution in [2.24, 2.45) is 0 Å². The molecule has 3 heterocycles. The van der Waals surface area contributed by atoms with Crippen LogP contribution in [0.3, 0.4) is 0 Å². The molecule has 0 amide bonds. The molecule has 0 radical (unpaired) electrons. The van der Waals surface area contributed by atoms with Gasteiger partial charge in [0.15, 0.2) is 17.4 Å². The molecule has 0 aliphatic carbocycles. The molecule has 9 heteroatoms. The number of hydrogen-bond acceptors (Lipinski definition) is 7. The molecule has 1 aliphatic heterocycles. The van der Waals surface area contributed by atoms with Crippen molar-refractivity contribution in [3.8, 4) is 0 Å². The van der Waals surface area contributed by atoms with Gasteiger partial charge in [0.05, 0.1) is 12.9 Å². The van der Waals surface area contributed by atoms with E-state index in [4.69, 9.17) is 9.84 Å². The maximum absolute atomic E-state index is 12.1. The number of fused-ring (bicyclic) bond motifs is 1. The first-order valence-corrected chi connectivity index (χ1v) is 5.66. The molecule has 19 heavy (non-hydrogen) atoms. The van der Waals surface area contributed by atoms with Crippen LogP contribution in [0.5, 0.6) is 0 Å². The van der Waals surface area contributed by atoms with Crippen LogP contribution < -0.4 is 5.56 Å². The van der Waals surface area contributed by atoms with Crippen molar-refractivity contribution in [3.63, 3.8) is 0 Å². The van der Waals surface area contributed by atoms with Crippen molar-refractivity contribution in [3.05, 3.63) is 23.0 Å². The van der Waals surface area contributed by atoms with Gasteiger partial charge in [-0.15, -0.1) is 0 Å². The van der Waals surface area contributed by atoms with Gasteiger partial charge in [-0.1, -0.05) is 0 Å². The van der Waals surface area contributed by atoms with Crippen LogP contribution in [-0.4, -0.2) is 59.8 Å². The van der Waals surface area contributed by atoms with Crippen LogP contribution in [0.4, 0.5) is 0 Å². The van der Waals surface area contributed by atoms with Gasteiger partial charge in [-0.25, -0.2) is 9.97 Å². The number of nitrogens with zero attached hydrogens (tertiary/aromatic N) is 3. The van der Waals surface area contributed by atoms with Gasteiger partial charge in [0.1, 0.15) is 24.6 Å². The molecule has 1 unspecified atom stereocenters. The molecule has 2 aromatic heterocycles. The van der Waals surface area contributed by atoms with E-state index in [1.54, 1.807) is 0 Å². The van der Waals surface area contributed by atoms with Crippen molar-refractivity contribution in [1.82, 2.24) is 19.5 Å². The molecule has 0 spiro atoms. The zero-order valence-electron chi connectivity index (χ0n) is 9.67. The number of aliphatic hydroxyl groups is 3. The third-order valence-electron chi connectivity index (χ3n) is 3.16. The van der Waals surface area contributed by atoms with Crippen LogP contribution >= 0.6 is 0 Å². The van der Waals surface area contributed by atoms with Gasteiger partial charge in [-0.05, 0) is 0 Å². The monoisotopic (exact) mass is 268 g/mol. The normalized spacial score (nSPS) is 31.1. The molecule has 9 nitrogen and oxygen atoms in total. The predicted octanol–water partition coefficient (Wildman–Crippen LogP) is -2.27. The highest BCUT2D eigenvalue weighted by atomic mass is 16.6. The largest absolute Gasteiger partial charge is 0.394 e. The summed E-state index contributed by atoms with van der Waals surface area (Å²) < 4.78 is 6.33. The van der Waals surface area contributed by atoms with E-state index in [1.165, 1.54) is 12.7 Å². The van der Waals surface area contributed by atoms with Crippen molar-refractivity contribution in [2.45, 2.75) is 24.5 Å². The summed E-state index contributed by atoms with van der Waals surface area (Å²) in [6.07, 6.45) is -2.10. The number of aromatic nitrogens is 4. The summed E-state index contributed by atoms with van der Waals surface area (Å²) in [4.78, 5) is 22.6. The number of imidazole rings is 1. The summed E-state index contributed by atoms with van der Waals surface area (Å²) in [7, 11) is 0. The molecular weight excluding hydrogens is 256 g/mol. The van der Waals surface area contributed by atoms with E-state index < -0.39 is 36.7 Å². The molecule has 2 aromatic rings. The first kappa shape index (κ1) is 12.2. The summed E-state index contributed by atoms with van der Waals surface area (Å²) in [5.41, 5.74) is -0.0365. The molecule has 1 fully saturated rings. The fourth-order valence-electron chi connectivity index (χ4n) is 2.13. The van der Waals surface area contributed by atoms with Crippen LogP contribution in [0, 0.1) is 0 Å². The molecule has 1 saturated heterocycles. The van der Waals surface area contributed by atoms with E-state index in [0.29, 0.717) is 0 Å². The number of ether oxygens (including phenoxy) is 1. The second-order valence-corrected chi connectivity index (χ2v) is 4.29. The molecule has 0 aromatic carbocycles. The van der Waals surface area contributed by atoms with Crippen molar-refractivity contribution in [1.29, 1.82) is 0 Å². The van der Waals surface area contributed by atoms with E-state index in [-0.39, 0.29) is 11.2 Å². The van der Waals surface area contributed by atoms with Gasteiger partial charge < -0.3 is 25.0 Å². The van der Waals surface area contributed by atoms with E-state index in [9.17, 15) is 15.0 Å². The van der Waals surface area contributed by atoms with Crippen LogP contribution in [0.1, 0.15) is 6.23 Å². The Hall–Kier alpha value is -1.81. The van der Waals surface area contributed by atoms with E-state index >= 15 is 0 Å². The van der Waals surface area contributed by atoms with Gasteiger partial charge in [-0.2, -0.15) is 0 Å². The smallest absolute Gasteiger partial charge is 0.281 e. The Balaban J connectivity index is 2.05. The van der Waals surface area contributed by atoms with E-state index in [1.807, 2.05) is 0 Å². The highest BCUT2D eigenvalue weighted by molar-refractivity contribution is 5.67. The number of H-pyrrole nitrogens is 1. The van der Waals surface area contributed by atoms with E-state index in [0.717, 1.165) is 4.57 Å². The van der Waals surface area contributed by atoms with Gasteiger partial charge >= 0.3 is 0 Å². The van der Waals surface area contributed by atoms with Crippen LogP contribution in [-0.2, 0) is 4.74 Å². The van der Waals surface area contributed by atoms with Gasteiger partial charge in [-0.3, -0.25) is 9.36 Å². The summed E-state index contributed by atoms with van der Waals surface area (Å²) in [6.45, 7) is -0.455. The Morgan fingerprint density at radius 2 is 2.16 bits per heavy atom. The minimum atomic E-state index is -1.32. The molecule has 4 atom stereocenters. The lowest BCUT2D eigenvalue weighted by Crippen LogP contribution is -2.35. The minimum Gasteiger partial charge on any atom is -0.394 e. The van der Waals surface area contributed by atoms with Crippen LogP contribution in [0.25, 0.3) is 11.2 Å². The lowest BCUT2D eigenvalue weighted by molar-refractivity contribution is -0.0546. The summed E-state index contributed by atoms with van der Waals surface area (Å²) in [6, 6.07) is 0. The Bertz CT molecular complexity index is 653. The average Bonchev–Trinajstić information content (AvgIpc) is 2.98. The number of rotatable bonds is 2.